The molecular weight excluding hydrogens is 142 g/mol. The Balaban J connectivity index is 0.000000640. The summed E-state index contributed by atoms with van der Waals surface area (Å²) in [6.07, 6.45) is 2.71. The van der Waals surface area contributed by atoms with Gasteiger partial charge in [-0.2, -0.15) is 0 Å². The molecule has 1 rings (SSSR count). The number of halogens is 1. The van der Waals surface area contributed by atoms with Gasteiger partial charge in [-0.1, -0.05) is 0 Å². The summed E-state index contributed by atoms with van der Waals surface area (Å²) in [5.41, 5.74) is 5.27. The minimum Gasteiger partial charge on any atom is -0.472 e. The van der Waals surface area contributed by atoms with E-state index in [1.54, 1.807) is 0 Å². The van der Waals surface area contributed by atoms with Crippen molar-refractivity contribution in [2.24, 2.45) is 5.73 Å². The number of amides is 1. The van der Waals surface area contributed by atoms with Gasteiger partial charge in [-0.25, -0.2) is 0 Å². The van der Waals surface area contributed by atoms with Gasteiger partial charge in [0, 0.05) is 0 Å². The van der Waals surface area contributed by atoms with Gasteiger partial charge in [-0.05, 0) is 6.07 Å². The van der Waals surface area contributed by atoms with Crippen LogP contribution in [0.2, 0.25) is 0 Å². The normalized spacial score (nSPS) is 8.00. The molecule has 50 valence electrons. The summed E-state index contributed by atoms with van der Waals surface area (Å²) in [5.74, 6) is -0.459. The van der Waals surface area contributed by atoms with E-state index in [0.29, 0.717) is 5.56 Å². The van der Waals surface area contributed by atoms with Crippen molar-refractivity contribution in [2.45, 2.75) is 0 Å². The van der Waals surface area contributed by atoms with Gasteiger partial charge < -0.3 is 10.2 Å². The highest BCUT2D eigenvalue weighted by Gasteiger charge is 1.97. The van der Waals surface area contributed by atoms with Crippen LogP contribution < -0.4 is 5.73 Å². The minimum absolute atomic E-state index is 0. The molecule has 0 aromatic carbocycles. The van der Waals surface area contributed by atoms with E-state index in [9.17, 15) is 4.79 Å². The average molecular weight is 148 g/mol. The molecule has 9 heavy (non-hydrogen) atoms. The monoisotopic (exact) mass is 147 g/mol. The molecule has 1 aromatic rings. The van der Waals surface area contributed by atoms with Gasteiger partial charge in [0.25, 0.3) is 5.91 Å². The zero-order valence-electron chi connectivity index (χ0n) is 4.53. The second-order valence-electron chi connectivity index (χ2n) is 1.38. The molecule has 0 atom stereocenters. The van der Waals surface area contributed by atoms with Gasteiger partial charge in [-0.15, -0.1) is 12.4 Å². The minimum atomic E-state index is -0.459. The molecule has 0 bridgehead atoms. The standard InChI is InChI=1S/C5H5NO2.ClH/c6-5(7)4-1-2-8-3-4;/h1-3H,(H2,6,7);1H. The molecule has 3 nitrogen and oxygen atoms in total. The lowest BCUT2D eigenvalue weighted by molar-refractivity contribution is 0.0999. The summed E-state index contributed by atoms with van der Waals surface area (Å²) in [7, 11) is 0. The lowest BCUT2D eigenvalue weighted by Crippen LogP contribution is -2.08. The summed E-state index contributed by atoms with van der Waals surface area (Å²) in [4.78, 5) is 10.2. The number of hydrogen-bond donors (Lipinski definition) is 1. The number of hydrogen-bond acceptors (Lipinski definition) is 2. The van der Waals surface area contributed by atoms with E-state index in [0.717, 1.165) is 0 Å². The van der Waals surface area contributed by atoms with Crippen LogP contribution in [0.25, 0.3) is 0 Å². The Bertz CT molecular complexity index is 183. The number of nitrogens with two attached hydrogens (primary N) is 1. The molecule has 0 saturated carbocycles. The molecule has 0 aliphatic heterocycles. The fourth-order valence-electron chi connectivity index (χ4n) is 0.405. The van der Waals surface area contributed by atoms with Crippen molar-refractivity contribution in [1.29, 1.82) is 0 Å². The lowest BCUT2D eigenvalue weighted by Gasteiger charge is -1.78. The third-order valence-corrected chi connectivity index (χ3v) is 0.806. The van der Waals surface area contributed by atoms with Crippen molar-refractivity contribution >= 4 is 18.3 Å². The highest BCUT2D eigenvalue weighted by atomic mass is 35.5. The molecule has 1 amide bonds. The Morgan fingerprint density at radius 1 is 1.67 bits per heavy atom. The molecule has 0 spiro atoms. The van der Waals surface area contributed by atoms with E-state index in [4.69, 9.17) is 5.73 Å². The average Bonchev–Trinajstić information content (AvgIpc) is 2.12. The largest absolute Gasteiger partial charge is 0.472 e. The molecular formula is C5H6ClNO2. The molecule has 0 saturated heterocycles. The summed E-state index contributed by atoms with van der Waals surface area (Å²) < 4.78 is 4.57. The summed E-state index contributed by atoms with van der Waals surface area (Å²) in [6, 6.07) is 1.52. The number of primary amides is 1. The van der Waals surface area contributed by atoms with Crippen LogP contribution in [0.1, 0.15) is 10.4 Å². The van der Waals surface area contributed by atoms with E-state index >= 15 is 0 Å². The van der Waals surface area contributed by atoms with E-state index in [1.807, 2.05) is 0 Å². The number of carbonyl (C=O) groups excluding carboxylic acids is 1. The van der Waals surface area contributed by atoms with Crippen LogP contribution in [-0.4, -0.2) is 5.91 Å². The Morgan fingerprint density at radius 2 is 2.33 bits per heavy atom. The molecule has 4 heteroatoms. The first-order chi connectivity index (χ1) is 3.80. The van der Waals surface area contributed by atoms with Crippen LogP contribution in [0.3, 0.4) is 0 Å². The Hall–Kier alpha value is -0.960. The first-order valence-corrected chi connectivity index (χ1v) is 2.12. The third kappa shape index (κ3) is 1.77. The van der Waals surface area contributed by atoms with Gasteiger partial charge in [0.05, 0.1) is 11.8 Å². The maximum Gasteiger partial charge on any atom is 0.251 e. The Labute approximate surface area is 58.2 Å². The van der Waals surface area contributed by atoms with E-state index in [1.165, 1.54) is 18.6 Å². The van der Waals surface area contributed by atoms with Crippen LogP contribution in [-0.2, 0) is 0 Å². The first-order valence-electron chi connectivity index (χ1n) is 2.12. The molecule has 1 aromatic heterocycles. The highest BCUT2D eigenvalue weighted by Crippen LogP contribution is 1.96. The van der Waals surface area contributed by atoms with Gasteiger partial charge in [0.15, 0.2) is 0 Å². The van der Waals surface area contributed by atoms with Crippen molar-refractivity contribution in [3.05, 3.63) is 24.2 Å². The number of carbonyl (C=O) groups is 1. The van der Waals surface area contributed by atoms with Crippen molar-refractivity contribution in [3.8, 4) is 0 Å². The SMILES string of the molecule is Cl.NC(=O)c1ccoc1. The molecule has 0 aliphatic rings. The maximum atomic E-state index is 10.2. The van der Waals surface area contributed by atoms with Gasteiger partial charge in [0.2, 0.25) is 0 Å². The van der Waals surface area contributed by atoms with Crippen molar-refractivity contribution in [1.82, 2.24) is 0 Å². The predicted octanol–water partition coefficient (Wildman–Crippen LogP) is 0.800. The summed E-state index contributed by atoms with van der Waals surface area (Å²) in [5, 5.41) is 0. The molecule has 1 heterocycles. The first kappa shape index (κ1) is 8.04. The number of furan rings is 1. The van der Waals surface area contributed by atoms with Crippen molar-refractivity contribution in [2.75, 3.05) is 0 Å². The van der Waals surface area contributed by atoms with Gasteiger partial charge in [0.1, 0.15) is 6.26 Å². The van der Waals surface area contributed by atoms with Crippen molar-refractivity contribution in [3.63, 3.8) is 0 Å². The molecule has 0 radical (unpaired) electrons. The van der Waals surface area contributed by atoms with Crippen LogP contribution in [0.15, 0.2) is 23.0 Å². The third-order valence-electron chi connectivity index (χ3n) is 0.806. The number of rotatable bonds is 1. The maximum absolute atomic E-state index is 10.2. The Morgan fingerprint density at radius 3 is 2.56 bits per heavy atom. The zero-order chi connectivity index (χ0) is 5.98. The molecule has 0 aliphatic carbocycles. The van der Waals surface area contributed by atoms with Gasteiger partial charge >= 0.3 is 0 Å². The van der Waals surface area contributed by atoms with Crippen LogP contribution in [0, 0.1) is 0 Å². The van der Waals surface area contributed by atoms with E-state index < -0.39 is 5.91 Å². The van der Waals surface area contributed by atoms with Gasteiger partial charge in [-0.3, -0.25) is 4.79 Å². The summed E-state index contributed by atoms with van der Waals surface area (Å²) in [6.45, 7) is 0. The Kier molecular flexibility index (Phi) is 2.81. The van der Waals surface area contributed by atoms with Crippen molar-refractivity contribution < 1.29 is 9.21 Å². The smallest absolute Gasteiger partial charge is 0.251 e. The topological polar surface area (TPSA) is 56.2 Å². The predicted molar refractivity (Wildman–Crippen MR) is 34.5 cm³/mol. The van der Waals surface area contributed by atoms with Crippen LogP contribution >= 0.6 is 12.4 Å². The molecule has 2 N–H and O–H groups in total. The summed E-state index contributed by atoms with van der Waals surface area (Å²) >= 11 is 0. The van der Waals surface area contributed by atoms with Crippen LogP contribution in [0.5, 0.6) is 0 Å². The zero-order valence-corrected chi connectivity index (χ0v) is 5.35. The molecule has 0 fully saturated rings. The van der Waals surface area contributed by atoms with E-state index in [2.05, 4.69) is 4.42 Å². The quantitative estimate of drug-likeness (QED) is 0.639. The van der Waals surface area contributed by atoms with E-state index in [-0.39, 0.29) is 12.4 Å². The lowest BCUT2D eigenvalue weighted by atomic mass is 10.3. The molecule has 0 unspecified atom stereocenters. The fourth-order valence-corrected chi connectivity index (χ4v) is 0.405. The second kappa shape index (κ2) is 3.14. The second-order valence-corrected chi connectivity index (χ2v) is 1.38. The van der Waals surface area contributed by atoms with Crippen LogP contribution in [0.4, 0.5) is 0 Å². The fraction of sp³-hybridized carbons (Fsp3) is 0. The highest BCUT2D eigenvalue weighted by molar-refractivity contribution is 5.92.